The predicted octanol–water partition coefficient (Wildman–Crippen LogP) is 6.72. The molecule has 2 aromatic rings. The van der Waals surface area contributed by atoms with Crippen LogP contribution in [0.15, 0.2) is 26.8 Å². The Morgan fingerprint density at radius 3 is 2.57 bits per heavy atom. The second kappa shape index (κ2) is 13.8. The third kappa shape index (κ3) is 6.05. The lowest BCUT2D eigenvalue weighted by Crippen LogP contribution is -2.28. The molecule has 250 valence electrons. The number of aromatic amines is 2. The monoisotopic (exact) mass is 638 g/mol. The number of carbonyl (C=O) groups excluding carboxylic acids is 2. The van der Waals surface area contributed by atoms with Crippen molar-refractivity contribution in [1.82, 2.24) is 9.97 Å². The first-order chi connectivity index (χ1) is 22.7. The van der Waals surface area contributed by atoms with E-state index in [2.05, 4.69) is 69.7 Å². The lowest BCUT2D eigenvalue weighted by atomic mass is 9.79. The molecule has 0 radical (unpaired) electrons. The number of hydrogen-bond donors (Lipinski definition) is 2. The van der Waals surface area contributed by atoms with Crippen molar-refractivity contribution in [1.29, 1.82) is 0 Å². The number of ketones is 1. The molecule has 47 heavy (non-hydrogen) atoms. The van der Waals surface area contributed by atoms with Gasteiger partial charge in [0, 0.05) is 63.8 Å². The van der Waals surface area contributed by atoms with E-state index >= 15 is 0 Å². The van der Waals surface area contributed by atoms with Gasteiger partial charge >= 0.3 is 0 Å². The number of unbranched alkanes of at least 4 members (excludes halogenated alkanes) is 3. The third-order valence-corrected chi connectivity index (χ3v) is 11.0. The van der Waals surface area contributed by atoms with Crippen LogP contribution in [0, 0.1) is 25.7 Å². The smallest absolute Gasteiger partial charge is 0.293 e. The molecule has 8 heteroatoms. The van der Waals surface area contributed by atoms with Gasteiger partial charge in [0.05, 0.1) is 30.2 Å². The third-order valence-electron chi connectivity index (χ3n) is 11.0. The van der Waals surface area contributed by atoms with Gasteiger partial charge in [0.25, 0.3) is 6.47 Å². The summed E-state index contributed by atoms with van der Waals surface area (Å²) in [6.07, 6.45) is 13.0. The summed E-state index contributed by atoms with van der Waals surface area (Å²) >= 11 is 0. The minimum Gasteiger partial charge on any atom is -0.468 e. The molecule has 0 saturated carbocycles. The number of nitrogens with one attached hydrogen (secondary N) is 2. The first-order valence-corrected chi connectivity index (χ1v) is 17.6. The van der Waals surface area contributed by atoms with Crippen LogP contribution in [0.4, 0.5) is 0 Å². The number of allylic oxidation sites excluding steroid dienone is 2. The zero-order valence-corrected chi connectivity index (χ0v) is 29.1. The highest BCUT2D eigenvalue weighted by molar-refractivity contribution is 6.23. The summed E-state index contributed by atoms with van der Waals surface area (Å²) in [4.78, 5) is 42.6. The number of Topliss-reactive ketones (excluding diaryl/α,β-unsaturated/α-hetero) is 1. The number of aromatic nitrogens is 2. The maximum absolute atomic E-state index is 13.6. The number of aliphatic imine (C=N–C) groups is 2. The normalized spacial score (nSPS) is 26.3. The molecular weight excluding hydrogens is 588 g/mol. The Balaban J connectivity index is 1.54. The maximum Gasteiger partial charge on any atom is 0.293 e. The average molecular weight is 639 g/mol. The second-order valence-electron chi connectivity index (χ2n) is 13.8. The van der Waals surface area contributed by atoms with E-state index in [0.29, 0.717) is 25.9 Å². The van der Waals surface area contributed by atoms with Crippen molar-refractivity contribution in [2.75, 3.05) is 13.2 Å². The molecule has 8 bridgehead atoms. The van der Waals surface area contributed by atoms with Crippen LogP contribution >= 0.6 is 0 Å². The van der Waals surface area contributed by atoms with E-state index in [1.807, 2.05) is 6.92 Å². The van der Waals surface area contributed by atoms with Crippen molar-refractivity contribution in [3.63, 3.8) is 0 Å². The van der Waals surface area contributed by atoms with Gasteiger partial charge in [0.2, 0.25) is 0 Å². The van der Waals surface area contributed by atoms with Crippen molar-refractivity contribution in [3.8, 4) is 0 Å². The highest BCUT2D eigenvalue weighted by atomic mass is 16.5. The summed E-state index contributed by atoms with van der Waals surface area (Å²) in [6, 6.07) is -0.112. The fraction of sp³-hybridized carbons (Fsp3) is 0.538. The number of rotatable bonds is 12. The first kappa shape index (κ1) is 33.1. The van der Waals surface area contributed by atoms with E-state index in [-0.39, 0.29) is 35.7 Å². The topological polar surface area (TPSA) is 109 Å². The molecule has 2 N–H and O–H groups in total. The Morgan fingerprint density at radius 2 is 1.83 bits per heavy atom. The van der Waals surface area contributed by atoms with Crippen molar-refractivity contribution in [3.05, 3.63) is 61.2 Å². The summed E-state index contributed by atoms with van der Waals surface area (Å²) in [7, 11) is 0. The van der Waals surface area contributed by atoms with Gasteiger partial charge in [-0.25, -0.2) is 4.99 Å². The molecule has 8 nitrogen and oxygen atoms in total. The van der Waals surface area contributed by atoms with Crippen LogP contribution in [0.2, 0.25) is 0 Å². The summed E-state index contributed by atoms with van der Waals surface area (Å²) in [5.74, 6) is 0.334. The number of H-pyrrole nitrogens is 2. The SMILES string of the molecule is CCCCCCOC(C)c1c(C)/c2[nH]/c1=C\C1=NC(=C\c3[nH]c4c(c3C)C(=O)CC4C3N=C(/C=2)[C@@H](C)[C@@H]3CCOC=O)/C(CC)=C1C. The second-order valence-corrected chi connectivity index (χ2v) is 13.8. The number of ether oxygens (including phenoxy) is 2. The zero-order valence-electron chi connectivity index (χ0n) is 29.1. The van der Waals surface area contributed by atoms with Gasteiger partial charge in [-0.3, -0.25) is 14.6 Å². The number of carbonyl (C=O) groups is 2. The molecule has 6 rings (SSSR count). The van der Waals surface area contributed by atoms with Crippen LogP contribution in [0.1, 0.15) is 130 Å². The molecule has 0 spiro atoms. The van der Waals surface area contributed by atoms with Crippen LogP contribution in [0.3, 0.4) is 0 Å². The van der Waals surface area contributed by atoms with Gasteiger partial charge in [0.15, 0.2) is 5.78 Å². The van der Waals surface area contributed by atoms with Crippen molar-refractivity contribution < 1.29 is 19.1 Å². The minimum atomic E-state index is -0.112. The Bertz CT molecular complexity index is 1820. The van der Waals surface area contributed by atoms with Crippen molar-refractivity contribution in [2.45, 2.75) is 111 Å². The van der Waals surface area contributed by atoms with Crippen LogP contribution in [-0.2, 0) is 14.3 Å². The lowest BCUT2D eigenvalue weighted by Gasteiger charge is -2.26. The molecule has 0 fully saturated rings. The molecule has 0 saturated heterocycles. The van der Waals surface area contributed by atoms with Gasteiger partial charge in [-0.05, 0) is 93.4 Å². The van der Waals surface area contributed by atoms with Crippen LogP contribution in [0.5, 0.6) is 0 Å². The fourth-order valence-corrected chi connectivity index (χ4v) is 8.31. The highest BCUT2D eigenvalue weighted by Crippen LogP contribution is 2.46. The van der Waals surface area contributed by atoms with Crippen LogP contribution in [-0.4, -0.2) is 52.9 Å². The lowest BCUT2D eigenvalue weighted by molar-refractivity contribution is -0.129. The zero-order chi connectivity index (χ0) is 33.4. The van der Waals surface area contributed by atoms with E-state index in [4.69, 9.17) is 19.5 Å². The van der Waals surface area contributed by atoms with Crippen LogP contribution in [0.25, 0.3) is 18.2 Å². The van der Waals surface area contributed by atoms with Gasteiger partial charge < -0.3 is 19.4 Å². The predicted molar refractivity (Wildman–Crippen MR) is 188 cm³/mol. The molecule has 2 aromatic heterocycles. The Hall–Kier alpha value is -3.78. The Labute approximate surface area is 278 Å². The molecule has 1 aliphatic carbocycles. The standard InChI is InChI=1S/C39H50N4O4/c1-8-10-11-12-14-47-25(7)36-23(5)31-17-30-22(4)27(13-15-46-20-44)38(42-30)28-16-35(45)37-24(6)32(43-39(28)37)18-33-26(9-2)21(3)29(40-33)19-34(36)41-31/h17-20,22,25,27-28,38,41,43H,8-16H2,1-7H3/b31-17+,33-18-,34-19-/t22-,25?,27-,28?,38?/m0/s1. The highest BCUT2D eigenvalue weighted by Gasteiger charge is 2.46. The van der Waals surface area contributed by atoms with Crippen LogP contribution < -0.4 is 10.7 Å². The number of hydrogen-bond acceptors (Lipinski definition) is 6. The van der Waals surface area contributed by atoms with E-state index in [0.717, 1.165) is 80.9 Å². The Kier molecular flexibility index (Phi) is 9.70. The summed E-state index contributed by atoms with van der Waals surface area (Å²) < 4.78 is 11.6. The van der Waals surface area contributed by atoms with E-state index in [9.17, 15) is 9.59 Å². The Morgan fingerprint density at radius 1 is 1.02 bits per heavy atom. The minimum absolute atomic E-state index is 0.0678. The van der Waals surface area contributed by atoms with Gasteiger partial charge in [0.1, 0.15) is 0 Å². The van der Waals surface area contributed by atoms with Crippen molar-refractivity contribution in [2.24, 2.45) is 21.8 Å². The van der Waals surface area contributed by atoms with Gasteiger partial charge in [-0.15, -0.1) is 0 Å². The molecule has 0 amide bonds. The summed E-state index contributed by atoms with van der Waals surface area (Å²) in [5.41, 5.74) is 11.3. The van der Waals surface area contributed by atoms with E-state index < -0.39 is 0 Å². The van der Waals surface area contributed by atoms with E-state index in [1.165, 1.54) is 30.4 Å². The summed E-state index contributed by atoms with van der Waals surface area (Å²) in [5, 5.41) is 2.03. The molecule has 5 heterocycles. The maximum atomic E-state index is 13.6. The molecule has 3 aliphatic heterocycles. The largest absolute Gasteiger partial charge is 0.468 e. The first-order valence-electron chi connectivity index (χ1n) is 17.6. The van der Waals surface area contributed by atoms with E-state index in [1.54, 1.807) is 0 Å². The molecular formula is C39H50N4O4. The number of fused-ring (bicyclic) bond motifs is 6. The van der Waals surface area contributed by atoms with Gasteiger partial charge in [-0.2, -0.15) is 0 Å². The van der Waals surface area contributed by atoms with Gasteiger partial charge in [-0.1, -0.05) is 40.0 Å². The average Bonchev–Trinajstić information content (AvgIpc) is 3.80. The molecule has 4 aliphatic rings. The quantitative estimate of drug-likeness (QED) is 0.199. The summed E-state index contributed by atoms with van der Waals surface area (Å²) in [6.45, 7) is 16.7. The molecule has 5 atom stereocenters. The molecule has 3 unspecified atom stereocenters. The number of nitrogens with zero attached hydrogens (tertiary/aromatic N) is 2. The fourth-order valence-electron chi connectivity index (χ4n) is 8.31. The molecule has 0 aromatic carbocycles. The van der Waals surface area contributed by atoms with Crippen molar-refractivity contribution >= 4 is 41.9 Å².